The summed E-state index contributed by atoms with van der Waals surface area (Å²) in [6.07, 6.45) is 1.60. The molecular formula is C18H23IN6O. The Balaban J connectivity index is 0.00000243. The fourth-order valence-corrected chi connectivity index (χ4v) is 2.38. The Morgan fingerprint density at radius 2 is 2.12 bits per heavy atom. The predicted molar refractivity (Wildman–Crippen MR) is 112 cm³/mol. The summed E-state index contributed by atoms with van der Waals surface area (Å²) >= 11 is 0. The monoisotopic (exact) mass is 466 g/mol. The third-order valence-corrected chi connectivity index (χ3v) is 3.54. The van der Waals surface area contributed by atoms with Crippen LogP contribution in [0.1, 0.15) is 23.9 Å². The van der Waals surface area contributed by atoms with Gasteiger partial charge in [-0.25, -0.2) is 9.98 Å². The van der Waals surface area contributed by atoms with E-state index in [0.717, 1.165) is 12.5 Å². The van der Waals surface area contributed by atoms with Crippen LogP contribution in [0, 0.1) is 6.92 Å². The molecule has 3 aromatic rings. The first-order chi connectivity index (χ1) is 12.2. The lowest BCUT2D eigenvalue weighted by Crippen LogP contribution is -2.37. The molecule has 3 N–H and O–H groups in total. The first-order valence-electron chi connectivity index (χ1n) is 8.27. The van der Waals surface area contributed by atoms with Crippen LogP contribution in [0.25, 0.3) is 11.6 Å². The molecule has 8 heteroatoms. The van der Waals surface area contributed by atoms with Crippen molar-refractivity contribution in [3.63, 3.8) is 0 Å². The lowest BCUT2D eigenvalue weighted by molar-refractivity contribution is 0.577. The average molecular weight is 466 g/mol. The van der Waals surface area contributed by atoms with Crippen LogP contribution in [0.3, 0.4) is 0 Å². The minimum Gasteiger partial charge on any atom is -0.461 e. The topological polar surface area (TPSA) is 91.1 Å². The van der Waals surface area contributed by atoms with Crippen molar-refractivity contribution < 1.29 is 4.42 Å². The van der Waals surface area contributed by atoms with Crippen molar-refractivity contribution in [2.75, 3.05) is 6.54 Å². The van der Waals surface area contributed by atoms with Crippen molar-refractivity contribution in [2.24, 2.45) is 4.99 Å². The molecule has 0 saturated carbocycles. The van der Waals surface area contributed by atoms with Crippen LogP contribution in [-0.2, 0) is 13.1 Å². The minimum atomic E-state index is 0. The van der Waals surface area contributed by atoms with Crippen LogP contribution >= 0.6 is 24.0 Å². The molecule has 0 aliphatic heterocycles. The van der Waals surface area contributed by atoms with Gasteiger partial charge in [-0.05, 0) is 31.5 Å². The van der Waals surface area contributed by atoms with Crippen molar-refractivity contribution in [2.45, 2.75) is 26.9 Å². The number of benzene rings is 1. The molecule has 0 saturated heterocycles. The molecule has 0 fully saturated rings. The van der Waals surface area contributed by atoms with Crippen molar-refractivity contribution in [1.29, 1.82) is 0 Å². The summed E-state index contributed by atoms with van der Waals surface area (Å²) in [5.41, 5.74) is 2.41. The van der Waals surface area contributed by atoms with Gasteiger partial charge in [-0.2, -0.15) is 0 Å². The number of aryl methyl sites for hydroxylation is 1. The molecule has 0 aliphatic carbocycles. The maximum absolute atomic E-state index is 5.29. The average Bonchev–Trinajstić information content (AvgIpc) is 3.28. The Morgan fingerprint density at radius 3 is 2.85 bits per heavy atom. The van der Waals surface area contributed by atoms with Gasteiger partial charge in [-0.1, -0.05) is 29.8 Å². The fourth-order valence-electron chi connectivity index (χ4n) is 2.38. The van der Waals surface area contributed by atoms with E-state index in [9.17, 15) is 0 Å². The van der Waals surface area contributed by atoms with E-state index in [1.807, 2.05) is 25.1 Å². The zero-order valence-corrected chi connectivity index (χ0v) is 17.2. The SMILES string of the molecule is CCNC(=NCc1cccc(C)c1)NCc1nc(-c2ccco2)n[nH]1.I. The Labute approximate surface area is 169 Å². The van der Waals surface area contributed by atoms with Crippen molar-refractivity contribution in [3.05, 3.63) is 59.6 Å². The van der Waals surface area contributed by atoms with Crippen LogP contribution in [-0.4, -0.2) is 27.7 Å². The van der Waals surface area contributed by atoms with Gasteiger partial charge in [0, 0.05) is 6.54 Å². The number of nitrogens with one attached hydrogen (secondary N) is 3. The molecule has 0 radical (unpaired) electrons. The Hall–Kier alpha value is -2.36. The van der Waals surface area contributed by atoms with Crippen LogP contribution in [0.2, 0.25) is 0 Å². The fraction of sp³-hybridized carbons (Fsp3) is 0.278. The van der Waals surface area contributed by atoms with Crippen molar-refractivity contribution in [3.8, 4) is 11.6 Å². The highest BCUT2D eigenvalue weighted by Gasteiger charge is 2.08. The molecule has 0 amide bonds. The number of hydrogen-bond donors (Lipinski definition) is 3. The van der Waals surface area contributed by atoms with Crippen LogP contribution in [0.5, 0.6) is 0 Å². The Morgan fingerprint density at radius 1 is 1.23 bits per heavy atom. The Kier molecular flexibility index (Phi) is 7.64. The maximum atomic E-state index is 5.29. The highest BCUT2D eigenvalue weighted by molar-refractivity contribution is 14.0. The van der Waals surface area contributed by atoms with E-state index in [1.165, 1.54) is 11.1 Å². The van der Waals surface area contributed by atoms with Gasteiger partial charge < -0.3 is 15.1 Å². The number of H-pyrrole nitrogens is 1. The number of aromatic amines is 1. The zero-order valence-electron chi connectivity index (χ0n) is 14.8. The number of nitrogens with zero attached hydrogens (tertiary/aromatic N) is 3. The second kappa shape index (κ2) is 9.95. The number of aliphatic imine (C=N–C) groups is 1. The molecule has 0 spiro atoms. The number of guanidine groups is 1. The van der Waals surface area contributed by atoms with Crippen LogP contribution in [0.15, 0.2) is 52.1 Å². The van der Waals surface area contributed by atoms with Gasteiger partial charge in [-0.3, -0.25) is 5.10 Å². The summed E-state index contributed by atoms with van der Waals surface area (Å²) in [6, 6.07) is 12.0. The summed E-state index contributed by atoms with van der Waals surface area (Å²) in [4.78, 5) is 9.02. The summed E-state index contributed by atoms with van der Waals surface area (Å²) in [5.74, 6) is 2.64. The van der Waals surface area contributed by atoms with E-state index in [-0.39, 0.29) is 24.0 Å². The first-order valence-corrected chi connectivity index (χ1v) is 8.27. The van der Waals surface area contributed by atoms with E-state index >= 15 is 0 Å². The number of furan rings is 1. The van der Waals surface area contributed by atoms with Gasteiger partial charge in [0.15, 0.2) is 11.7 Å². The third-order valence-electron chi connectivity index (χ3n) is 3.54. The van der Waals surface area contributed by atoms with E-state index in [2.05, 4.69) is 55.9 Å². The molecule has 0 unspecified atom stereocenters. The van der Waals surface area contributed by atoms with Crippen LogP contribution < -0.4 is 10.6 Å². The molecule has 138 valence electrons. The molecule has 1 aromatic carbocycles. The second-order valence-corrected chi connectivity index (χ2v) is 5.62. The quantitative estimate of drug-likeness (QED) is 0.295. The summed E-state index contributed by atoms with van der Waals surface area (Å²) < 4.78 is 5.29. The molecule has 26 heavy (non-hydrogen) atoms. The van der Waals surface area contributed by atoms with E-state index < -0.39 is 0 Å². The molecular weight excluding hydrogens is 443 g/mol. The van der Waals surface area contributed by atoms with Gasteiger partial charge in [0.2, 0.25) is 5.82 Å². The van der Waals surface area contributed by atoms with E-state index in [1.54, 1.807) is 6.26 Å². The van der Waals surface area contributed by atoms with Crippen molar-refractivity contribution >= 4 is 29.9 Å². The minimum absolute atomic E-state index is 0. The van der Waals surface area contributed by atoms with Gasteiger partial charge in [0.1, 0.15) is 5.82 Å². The van der Waals surface area contributed by atoms with Gasteiger partial charge in [0.05, 0.1) is 19.4 Å². The lowest BCUT2D eigenvalue weighted by atomic mass is 10.1. The smallest absolute Gasteiger partial charge is 0.216 e. The molecule has 2 aromatic heterocycles. The number of rotatable bonds is 6. The van der Waals surface area contributed by atoms with Gasteiger partial charge in [0.25, 0.3) is 0 Å². The van der Waals surface area contributed by atoms with Gasteiger partial charge in [-0.15, -0.1) is 29.1 Å². The summed E-state index contributed by atoms with van der Waals surface area (Å²) in [5, 5.41) is 13.5. The number of aromatic nitrogens is 3. The van der Waals surface area contributed by atoms with Crippen molar-refractivity contribution in [1.82, 2.24) is 25.8 Å². The Bertz CT molecular complexity index is 828. The number of hydrogen-bond acceptors (Lipinski definition) is 4. The molecule has 3 rings (SSSR count). The maximum Gasteiger partial charge on any atom is 0.216 e. The molecule has 7 nitrogen and oxygen atoms in total. The third kappa shape index (κ3) is 5.58. The molecule has 2 heterocycles. The molecule has 0 bridgehead atoms. The second-order valence-electron chi connectivity index (χ2n) is 5.62. The van der Waals surface area contributed by atoms with E-state index in [4.69, 9.17) is 4.42 Å². The van der Waals surface area contributed by atoms with Crippen LogP contribution in [0.4, 0.5) is 0 Å². The largest absolute Gasteiger partial charge is 0.461 e. The van der Waals surface area contributed by atoms with Gasteiger partial charge >= 0.3 is 0 Å². The molecule has 0 aliphatic rings. The summed E-state index contributed by atoms with van der Waals surface area (Å²) in [6.45, 7) is 6.01. The molecule has 0 atom stereocenters. The summed E-state index contributed by atoms with van der Waals surface area (Å²) in [7, 11) is 0. The lowest BCUT2D eigenvalue weighted by Gasteiger charge is -2.10. The zero-order chi connectivity index (χ0) is 17.5. The first kappa shape index (κ1) is 20.0. The highest BCUT2D eigenvalue weighted by atomic mass is 127. The predicted octanol–water partition coefficient (Wildman–Crippen LogP) is 3.25. The number of halogens is 1. The standard InChI is InChI=1S/C18H22N6O.HI/c1-3-19-18(20-11-14-7-4-6-13(2)10-14)21-12-16-22-17(24-23-16)15-8-5-9-25-15;/h4-10H,3,11-12H2,1-2H3,(H2,19,20,21)(H,22,23,24);1H. The normalized spacial score (nSPS) is 11.1. The van der Waals surface area contributed by atoms with E-state index in [0.29, 0.717) is 30.5 Å². The highest BCUT2D eigenvalue weighted by Crippen LogP contribution is 2.14.